The SMILES string of the molecule is CCOc1ccccc1NC(=O)c1nnn(CC(=O)Nc2ccc(OC)c(Cl)c2)c1N. The average Bonchev–Trinajstić information content (AvgIpc) is 3.10. The molecule has 0 bridgehead atoms. The van der Waals surface area contributed by atoms with Crippen molar-refractivity contribution in [2.24, 2.45) is 0 Å². The number of nitrogen functional groups attached to an aromatic ring is 1. The van der Waals surface area contributed by atoms with E-state index in [9.17, 15) is 9.59 Å². The number of ether oxygens (including phenoxy) is 2. The second-order valence-corrected chi connectivity index (χ2v) is 6.67. The third kappa shape index (κ3) is 5.23. The van der Waals surface area contributed by atoms with E-state index in [1.807, 2.05) is 6.92 Å². The van der Waals surface area contributed by atoms with E-state index in [0.29, 0.717) is 34.5 Å². The molecule has 0 aliphatic rings. The number of carbonyl (C=O) groups is 2. The van der Waals surface area contributed by atoms with Gasteiger partial charge in [-0.1, -0.05) is 28.9 Å². The van der Waals surface area contributed by atoms with Crippen molar-refractivity contribution in [3.63, 3.8) is 0 Å². The zero-order chi connectivity index (χ0) is 22.4. The van der Waals surface area contributed by atoms with E-state index in [1.54, 1.807) is 42.5 Å². The van der Waals surface area contributed by atoms with Crippen LogP contribution in [-0.4, -0.2) is 40.5 Å². The highest BCUT2D eigenvalue weighted by atomic mass is 35.5. The first-order valence-electron chi connectivity index (χ1n) is 9.28. The number of methoxy groups -OCH3 is 1. The molecule has 11 heteroatoms. The van der Waals surface area contributed by atoms with Gasteiger partial charge in [0.15, 0.2) is 11.5 Å². The van der Waals surface area contributed by atoms with E-state index in [0.717, 1.165) is 4.68 Å². The van der Waals surface area contributed by atoms with Crippen LogP contribution in [-0.2, 0) is 11.3 Å². The van der Waals surface area contributed by atoms with E-state index in [1.165, 1.54) is 7.11 Å². The van der Waals surface area contributed by atoms with Gasteiger partial charge in [0.1, 0.15) is 18.0 Å². The number of nitrogens with one attached hydrogen (secondary N) is 2. The molecule has 0 unspecified atom stereocenters. The van der Waals surface area contributed by atoms with Crippen molar-refractivity contribution < 1.29 is 19.1 Å². The Kier molecular flexibility index (Phi) is 6.93. The molecule has 1 aromatic heterocycles. The summed E-state index contributed by atoms with van der Waals surface area (Å²) < 4.78 is 11.7. The van der Waals surface area contributed by atoms with Crippen molar-refractivity contribution in [1.29, 1.82) is 0 Å². The number of hydrogen-bond acceptors (Lipinski definition) is 7. The van der Waals surface area contributed by atoms with Crippen LogP contribution in [0.3, 0.4) is 0 Å². The molecular weight excluding hydrogens is 424 g/mol. The molecule has 3 aromatic rings. The second-order valence-electron chi connectivity index (χ2n) is 6.26. The monoisotopic (exact) mass is 444 g/mol. The predicted molar refractivity (Wildman–Crippen MR) is 117 cm³/mol. The van der Waals surface area contributed by atoms with E-state index in [2.05, 4.69) is 20.9 Å². The van der Waals surface area contributed by atoms with E-state index in [-0.39, 0.29) is 18.1 Å². The van der Waals surface area contributed by atoms with Crippen molar-refractivity contribution in [2.75, 3.05) is 30.1 Å². The summed E-state index contributed by atoms with van der Waals surface area (Å²) in [4.78, 5) is 24.9. The molecule has 0 saturated heterocycles. The molecule has 31 heavy (non-hydrogen) atoms. The molecule has 0 atom stereocenters. The van der Waals surface area contributed by atoms with Crippen LogP contribution < -0.4 is 25.8 Å². The summed E-state index contributed by atoms with van der Waals surface area (Å²) in [6.45, 7) is 2.04. The molecule has 0 aliphatic carbocycles. The lowest BCUT2D eigenvalue weighted by atomic mass is 10.2. The summed E-state index contributed by atoms with van der Waals surface area (Å²) >= 11 is 6.06. The van der Waals surface area contributed by atoms with Crippen LogP contribution in [0, 0.1) is 0 Å². The molecule has 1 heterocycles. The van der Waals surface area contributed by atoms with Crippen molar-refractivity contribution in [3.05, 3.63) is 53.2 Å². The number of anilines is 3. The number of nitrogens with zero attached hydrogens (tertiary/aromatic N) is 3. The maximum Gasteiger partial charge on any atom is 0.280 e. The Morgan fingerprint density at radius 1 is 1.16 bits per heavy atom. The Hall–Kier alpha value is -3.79. The quantitative estimate of drug-likeness (QED) is 0.486. The Morgan fingerprint density at radius 2 is 1.94 bits per heavy atom. The normalized spacial score (nSPS) is 10.4. The van der Waals surface area contributed by atoms with Gasteiger partial charge in [-0.3, -0.25) is 9.59 Å². The number of benzene rings is 2. The fraction of sp³-hybridized carbons (Fsp3) is 0.200. The van der Waals surface area contributed by atoms with Crippen LogP contribution >= 0.6 is 11.6 Å². The minimum Gasteiger partial charge on any atom is -0.495 e. The third-order valence-corrected chi connectivity index (χ3v) is 4.45. The molecule has 0 aliphatic heterocycles. The summed E-state index contributed by atoms with van der Waals surface area (Å²) in [7, 11) is 1.50. The number of hydrogen-bond donors (Lipinski definition) is 3. The molecule has 162 valence electrons. The van der Waals surface area contributed by atoms with Crippen molar-refractivity contribution >= 4 is 40.6 Å². The standard InChI is InChI=1S/C20H21ClN6O4/c1-3-31-16-7-5-4-6-14(16)24-20(29)18-19(22)27(26-25-18)11-17(28)23-12-8-9-15(30-2)13(21)10-12/h4-10H,3,11,22H2,1-2H3,(H,23,28)(H,24,29). The lowest BCUT2D eigenvalue weighted by molar-refractivity contribution is -0.116. The maximum absolute atomic E-state index is 12.6. The van der Waals surface area contributed by atoms with Gasteiger partial charge in [0, 0.05) is 5.69 Å². The van der Waals surface area contributed by atoms with Gasteiger partial charge in [-0.25, -0.2) is 4.68 Å². The van der Waals surface area contributed by atoms with Crippen molar-refractivity contribution in [1.82, 2.24) is 15.0 Å². The Balaban J connectivity index is 1.67. The number of amides is 2. The molecule has 3 rings (SSSR count). The minimum atomic E-state index is -0.571. The van der Waals surface area contributed by atoms with Crippen LogP contribution in [0.25, 0.3) is 0 Å². The van der Waals surface area contributed by atoms with Crippen LogP contribution in [0.4, 0.5) is 17.2 Å². The van der Waals surface area contributed by atoms with Gasteiger partial charge in [0.25, 0.3) is 5.91 Å². The van der Waals surface area contributed by atoms with E-state index < -0.39 is 11.8 Å². The van der Waals surface area contributed by atoms with Crippen molar-refractivity contribution in [2.45, 2.75) is 13.5 Å². The van der Waals surface area contributed by atoms with Crippen LogP contribution in [0.5, 0.6) is 11.5 Å². The van der Waals surface area contributed by atoms with Crippen LogP contribution in [0.2, 0.25) is 5.02 Å². The molecule has 0 radical (unpaired) electrons. The molecule has 10 nitrogen and oxygen atoms in total. The smallest absolute Gasteiger partial charge is 0.280 e. The topological polar surface area (TPSA) is 133 Å². The lowest BCUT2D eigenvalue weighted by Gasteiger charge is -2.10. The van der Waals surface area contributed by atoms with Crippen molar-refractivity contribution in [3.8, 4) is 11.5 Å². The molecule has 0 fully saturated rings. The van der Waals surface area contributed by atoms with Gasteiger partial charge < -0.3 is 25.8 Å². The van der Waals surface area contributed by atoms with Crippen LogP contribution in [0.1, 0.15) is 17.4 Å². The maximum atomic E-state index is 12.6. The third-order valence-electron chi connectivity index (χ3n) is 4.15. The highest BCUT2D eigenvalue weighted by molar-refractivity contribution is 6.32. The minimum absolute atomic E-state index is 0.0469. The summed E-state index contributed by atoms with van der Waals surface area (Å²) in [5, 5.41) is 13.3. The fourth-order valence-corrected chi connectivity index (χ4v) is 2.97. The summed E-state index contributed by atoms with van der Waals surface area (Å²) in [5.74, 6) is -0.0392. The van der Waals surface area contributed by atoms with E-state index in [4.69, 9.17) is 26.8 Å². The fourth-order valence-electron chi connectivity index (χ4n) is 2.71. The van der Waals surface area contributed by atoms with Crippen LogP contribution in [0.15, 0.2) is 42.5 Å². The van der Waals surface area contributed by atoms with Gasteiger partial charge in [-0.15, -0.1) is 5.10 Å². The first-order valence-corrected chi connectivity index (χ1v) is 9.66. The second kappa shape index (κ2) is 9.81. The number of aromatic nitrogens is 3. The van der Waals surface area contributed by atoms with Gasteiger partial charge >= 0.3 is 0 Å². The number of para-hydroxylation sites is 2. The predicted octanol–water partition coefficient (Wildman–Crippen LogP) is 2.81. The Bertz CT molecular complexity index is 1100. The van der Waals surface area contributed by atoms with Gasteiger partial charge in [0.2, 0.25) is 5.91 Å². The number of carbonyl (C=O) groups excluding carboxylic acids is 2. The van der Waals surface area contributed by atoms with Gasteiger partial charge in [-0.05, 0) is 37.3 Å². The zero-order valence-electron chi connectivity index (χ0n) is 16.9. The molecule has 2 aromatic carbocycles. The van der Waals surface area contributed by atoms with E-state index >= 15 is 0 Å². The Morgan fingerprint density at radius 3 is 2.65 bits per heavy atom. The summed E-state index contributed by atoms with van der Waals surface area (Å²) in [5.41, 5.74) is 6.82. The number of rotatable bonds is 8. The summed E-state index contributed by atoms with van der Waals surface area (Å²) in [6.07, 6.45) is 0. The van der Waals surface area contributed by atoms with Gasteiger partial charge in [0.05, 0.1) is 24.4 Å². The zero-order valence-corrected chi connectivity index (χ0v) is 17.6. The number of nitrogens with two attached hydrogens (primary N) is 1. The molecule has 0 saturated carbocycles. The molecular formula is C20H21ClN6O4. The molecule has 0 spiro atoms. The Labute approximate surface area is 183 Å². The summed E-state index contributed by atoms with van der Waals surface area (Å²) in [6, 6.07) is 11.8. The van der Waals surface area contributed by atoms with Gasteiger partial charge in [-0.2, -0.15) is 0 Å². The average molecular weight is 445 g/mol. The molecule has 2 amide bonds. The first-order chi connectivity index (χ1) is 14.9. The first kappa shape index (κ1) is 21.9. The lowest BCUT2D eigenvalue weighted by Crippen LogP contribution is -2.21. The highest BCUT2D eigenvalue weighted by Crippen LogP contribution is 2.27. The number of halogens is 1. The highest BCUT2D eigenvalue weighted by Gasteiger charge is 2.20. The molecule has 4 N–H and O–H groups in total. The largest absolute Gasteiger partial charge is 0.495 e.